The van der Waals surface area contributed by atoms with Crippen LogP contribution in [0.25, 0.3) is 0 Å². The molecule has 0 aliphatic carbocycles. The number of hydrogen-bond donors (Lipinski definition) is 2. The molecule has 4 nitrogen and oxygen atoms in total. The Morgan fingerprint density at radius 3 is 2.05 bits per heavy atom. The van der Waals surface area contributed by atoms with Crippen molar-refractivity contribution in [1.82, 2.24) is 10.6 Å². The van der Waals surface area contributed by atoms with Gasteiger partial charge < -0.3 is 10.6 Å². The van der Waals surface area contributed by atoms with E-state index in [0.717, 1.165) is 0 Å². The zero-order valence-corrected chi connectivity index (χ0v) is 12.7. The SMILES string of the molecule is CCC(=O)NCCNC(=O)c1ccc(C(C)(C)C)cc1. The normalized spacial score (nSPS) is 11.0. The summed E-state index contributed by atoms with van der Waals surface area (Å²) in [5.74, 6) is -0.120. The van der Waals surface area contributed by atoms with Crippen molar-refractivity contribution in [2.24, 2.45) is 0 Å². The van der Waals surface area contributed by atoms with E-state index in [4.69, 9.17) is 0 Å². The number of carbonyl (C=O) groups excluding carboxylic acids is 2. The van der Waals surface area contributed by atoms with Gasteiger partial charge in [-0.15, -0.1) is 0 Å². The fourth-order valence-corrected chi connectivity index (χ4v) is 1.73. The van der Waals surface area contributed by atoms with Crippen molar-refractivity contribution in [2.75, 3.05) is 13.1 Å². The number of nitrogens with one attached hydrogen (secondary N) is 2. The van der Waals surface area contributed by atoms with Gasteiger partial charge in [-0.25, -0.2) is 0 Å². The number of hydrogen-bond acceptors (Lipinski definition) is 2. The maximum atomic E-state index is 11.9. The van der Waals surface area contributed by atoms with Crippen LogP contribution in [0.2, 0.25) is 0 Å². The highest BCUT2D eigenvalue weighted by Gasteiger charge is 2.14. The van der Waals surface area contributed by atoms with Crippen molar-refractivity contribution in [3.8, 4) is 0 Å². The molecule has 0 saturated carbocycles. The first-order valence-corrected chi connectivity index (χ1v) is 7.00. The molecule has 0 spiro atoms. The lowest BCUT2D eigenvalue weighted by molar-refractivity contribution is -0.120. The van der Waals surface area contributed by atoms with Crippen LogP contribution in [0.15, 0.2) is 24.3 Å². The molecule has 0 fully saturated rings. The highest BCUT2D eigenvalue weighted by atomic mass is 16.2. The maximum Gasteiger partial charge on any atom is 0.251 e. The summed E-state index contributed by atoms with van der Waals surface area (Å²) in [5.41, 5.74) is 1.92. The lowest BCUT2D eigenvalue weighted by Crippen LogP contribution is -2.34. The molecule has 0 atom stereocenters. The van der Waals surface area contributed by atoms with Gasteiger partial charge in [0.25, 0.3) is 5.91 Å². The van der Waals surface area contributed by atoms with Crippen LogP contribution in [0.3, 0.4) is 0 Å². The Balaban J connectivity index is 2.46. The maximum absolute atomic E-state index is 11.9. The van der Waals surface area contributed by atoms with Crippen molar-refractivity contribution in [3.63, 3.8) is 0 Å². The molecule has 1 rings (SSSR count). The van der Waals surface area contributed by atoms with Crippen molar-refractivity contribution < 1.29 is 9.59 Å². The van der Waals surface area contributed by atoms with Gasteiger partial charge in [-0.1, -0.05) is 39.8 Å². The van der Waals surface area contributed by atoms with Gasteiger partial charge in [0.15, 0.2) is 0 Å². The minimum absolute atomic E-state index is 0.00576. The van der Waals surface area contributed by atoms with Crippen LogP contribution in [0.1, 0.15) is 50.0 Å². The summed E-state index contributed by atoms with van der Waals surface area (Å²) in [6.45, 7) is 9.10. The molecule has 1 aromatic rings. The molecular formula is C16H24N2O2. The third kappa shape index (κ3) is 5.03. The molecule has 110 valence electrons. The molecule has 4 heteroatoms. The van der Waals surface area contributed by atoms with E-state index in [2.05, 4.69) is 31.4 Å². The lowest BCUT2D eigenvalue weighted by atomic mass is 9.87. The molecule has 2 amide bonds. The van der Waals surface area contributed by atoms with Crippen molar-refractivity contribution in [1.29, 1.82) is 0 Å². The zero-order valence-electron chi connectivity index (χ0n) is 12.7. The molecule has 0 aliphatic rings. The van der Waals surface area contributed by atoms with Crippen molar-refractivity contribution in [3.05, 3.63) is 35.4 Å². The number of benzene rings is 1. The molecule has 0 heterocycles. The summed E-state index contributed by atoms with van der Waals surface area (Å²) in [6.07, 6.45) is 0.461. The molecule has 2 N–H and O–H groups in total. The van der Waals surface area contributed by atoms with Crippen LogP contribution >= 0.6 is 0 Å². The first-order chi connectivity index (χ1) is 9.34. The lowest BCUT2D eigenvalue weighted by Gasteiger charge is -2.19. The summed E-state index contributed by atoms with van der Waals surface area (Å²) < 4.78 is 0. The zero-order chi connectivity index (χ0) is 15.2. The summed E-state index contributed by atoms with van der Waals surface area (Å²) in [6, 6.07) is 7.63. The van der Waals surface area contributed by atoms with Gasteiger partial charge in [0, 0.05) is 25.1 Å². The predicted octanol–water partition coefficient (Wildman–Crippen LogP) is 2.24. The Labute approximate surface area is 121 Å². The molecule has 0 unspecified atom stereocenters. The molecule has 0 saturated heterocycles. The fraction of sp³-hybridized carbons (Fsp3) is 0.500. The largest absolute Gasteiger partial charge is 0.354 e. The van der Waals surface area contributed by atoms with Crippen LogP contribution in [-0.2, 0) is 10.2 Å². The van der Waals surface area contributed by atoms with Crippen LogP contribution in [-0.4, -0.2) is 24.9 Å². The molecule has 1 aromatic carbocycles. The Hall–Kier alpha value is -1.84. The second-order valence-electron chi connectivity index (χ2n) is 5.79. The van der Waals surface area contributed by atoms with E-state index in [1.165, 1.54) is 5.56 Å². The second kappa shape index (κ2) is 7.08. The smallest absolute Gasteiger partial charge is 0.251 e. The Morgan fingerprint density at radius 2 is 1.55 bits per heavy atom. The van der Waals surface area contributed by atoms with Crippen LogP contribution in [0.4, 0.5) is 0 Å². The predicted molar refractivity (Wildman–Crippen MR) is 80.8 cm³/mol. The molecular weight excluding hydrogens is 252 g/mol. The Kier molecular flexibility index (Phi) is 5.74. The van der Waals surface area contributed by atoms with E-state index < -0.39 is 0 Å². The highest BCUT2D eigenvalue weighted by Crippen LogP contribution is 2.22. The third-order valence-corrected chi connectivity index (χ3v) is 3.07. The second-order valence-corrected chi connectivity index (χ2v) is 5.79. The Bertz CT molecular complexity index is 458. The molecule has 0 aromatic heterocycles. The van der Waals surface area contributed by atoms with Gasteiger partial charge >= 0.3 is 0 Å². The van der Waals surface area contributed by atoms with Crippen molar-refractivity contribution in [2.45, 2.75) is 39.5 Å². The monoisotopic (exact) mass is 276 g/mol. The van der Waals surface area contributed by atoms with E-state index in [1.54, 1.807) is 6.92 Å². The third-order valence-electron chi connectivity index (χ3n) is 3.07. The van der Waals surface area contributed by atoms with Crippen LogP contribution in [0, 0.1) is 0 Å². The van der Waals surface area contributed by atoms with Gasteiger partial charge in [-0.3, -0.25) is 9.59 Å². The first-order valence-electron chi connectivity index (χ1n) is 7.00. The standard InChI is InChI=1S/C16H24N2O2/c1-5-14(19)17-10-11-18-15(20)12-6-8-13(9-7-12)16(2,3)4/h6-9H,5,10-11H2,1-4H3,(H,17,19)(H,18,20). The van der Waals surface area contributed by atoms with Gasteiger partial charge in [0.1, 0.15) is 0 Å². The summed E-state index contributed by atoms with van der Waals surface area (Å²) in [4.78, 5) is 22.9. The Morgan fingerprint density at radius 1 is 1.00 bits per heavy atom. The number of carbonyl (C=O) groups is 2. The van der Waals surface area contributed by atoms with Crippen LogP contribution < -0.4 is 10.6 Å². The average Bonchev–Trinajstić information content (AvgIpc) is 2.42. The molecule has 20 heavy (non-hydrogen) atoms. The quantitative estimate of drug-likeness (QED) is 0.810. The molecule has 0 bridgehead atoms. The molecule has 0 aliphatic heterocycles. The summed E-state index contributed by atoms with van der Waals surface area (Å²) in [7, 11) is 0. The van der Waals surface area contributed by atoms with E-state index >= 15 is 0 Å². The van der Waals surface area contributed by atoms with Crippen LogP contribution in [0.5, 0.6) is 0 Å². The van der Waals surface area contributed by atoms with E-state index in [9.17, 15) is 9.59 Å². The van der Waals surface area contributed by atoms with Gasteiger partial charge in [-0.05, 0) is 23.1 Å². The summed E-state index contributed by atoms with van der Waals surface area (Å²) >= 11 is 0. The first kappa shape index (κ1) is 16.2. The number of rotatable bonds is 5. The minimum atomic E-state index is -0.115. The van der Waals surface area contributed by atoms with E-state index in [-0.39, 0.29) is 17.2 Å². The minimum Gasteiger partial charge on any atom is -0.354 e. The highest BCUT2D eigenvalue weighted by molar-refractivity contribution is 5.94. The van der Waals surface area contributed by atoms with E-state index in [0.29, 0.717) is 25.1 Å². The van der Waals surface area contributed by atoms with E-state index in [1.807, 2.05) is 24.3 Å². The topological polar surface area (TPSA) is 58.2 Å². The van der Waals surface area contributed by atoms with Crippen molar-refractivity contribution >= 4 is 11.8 Å². The van der Waals surface area contributed by atoms with Gasteiger partial charge in [-0.2, -0.15) is 0 Å². The fourth-order valence-electron chi connectivity index (χ4n) is 1.73. The average molecular weight is 276 g/mol. The summed E-state index contributed by atoms with van der Waals surface area (Å²) in [5, 5.41) is 5.50. The van der Waals surface area contributed by atoms with Gasteiger partial charge in [0.2, 0.25) is 5.91 Å². The van der Waals surface area contributed by atoms with Gasteiger partial charge in [0.05, 0.1) is 0 Å². The number of amides is 2. The molecule has 0 radical (unpaired) electrons.